The van der Waals surface area contributed by atoms with Crippen molar-refractivity contribution in [2.75, 3.05) is 4.90 Å². The first kappa shape index (κ1) is 23.7. The Hall–Kier alpha value is -5.02. The third kappa shape index (κ3) is 3.00. The van der Waals surface area contributed by atoms with E-state index in [1.807, 2.05) is 0 Å². The quantitative estimate of drug-likeness (QED) is 0.210. The minimum absolute atomic E-state index is 0.108. The molecule has 0 atom stereocenters. The van der Waals surface area contributed by atoms with Gasteiger partial charge in [-0.3, -0.25) is 0 Å². The fourth-order valence-corrected chi connectivity index (χ4v) is 7.90. The number of anilines is 3. The molecule has 2 aliphatic rings. The molecule has 2 nitrogen and oxygen atoms in total. The molecule has 1 aromatic heterocycles. The van der Waals surface area contributed by atoms with Crippen LogP contribution in [0.2, 0.25) is 0 Å². The Morgan fingerprint density at radius 3 is 1.98 bits per heavy atom. The van der Waals surface area contributed by atoms with Crippen molar-refractivity contribution < 1.29 is 0 Å². The average molecular weight is 536 g/mol. The van der Waals surface area contributed by atoms with Crippen molar-refractivity contribution in [3.63, 3.8) is 0 Å². The number of rotatable bonds is 3. The Morgan fingerprint density at radius 1 is 0.548 bits per heavy atom. The van der Waals surface area contributed by atoms with Gasteiger partial charge < -0.3 is 9.47 Å². The highest BCUT2D eigenvalue weighted by atomic mass is 15.1. The van der Waals surface area contributed by atoms with Crippen LogP contribution in [0.1, 0.15) is 25.0 Å². The Bertz CT molecular complexity index is 2140. The summed E-state index contributed by atoms with van der Waals surface area (Å²) in [6.07, 6.45) is 0. The van der Waals surface area contributed by atoms with Crippen LogP contribution in [0.5, 0.6) is 0 Å². The van der Waals surface area contributed by atoms with E-state index in [4.69, 9.17) is 0 Å². The van der Waals surface area contributed by atoms with Gasteiger partial charge in [-0.25, -0.2) is 0 Å². The molecule has 0 fully saturated rings. The van der Waals surface area contributed by atoms with Crippen molar-refractivity contribution in [2.45, 2.75) is 19.3 Å². The minimum atomic E-state index is -0.108. The molecular weight excluding hydrogens is 507 g/mol. The lowest BCUT2D eigenvalue weighted by Crippen LogP contribution is -2.63. The second-order valence-corrected chi connectivity index (χ2v) is 12.1. The molecule has 2 aliphatic heterocycles. The van der Waals surface area contributed by atoms with E-state index >= 15 is 0 Å². The molecule has 42 heavy (non-hydrogen) atoms. The Balaban J connectivity index is 1.48. The van der Waals surface area contributed by atoms with E-state index < -0.39 is 0 Å². The molecule has 0 unspecified atom stereocenters. The van der Waals surface area contributed by atoms with Crippen LogP contribution in [0, 0.1) is 0 Å². The molecule has 6 aromatic carbocycles. The van der Waals surface area contributed by atoms with Gasteiger partial charge in [-0.15, -0.1) is 0 Å². The molecule has 3 heteroatoms. The standard InChI is InChI=1S/C39H29BN2/c1-39(2)30-19-10-11-20-32(30)40-36-31(39)25-24-29-28-18-9-12-21-33(28)42(38(29)36)35-23-13-22-34(37(35)40)41(26-14-5-3-6-15-26)27-16-7-4-8-17-27/h3-25H,1-2H3. The maximum atomic E-state index is 2.55. The first-order valence-electron chi connectivity index (χ1n) is 14.8. The Kier molecular flexibility index (Phi) is 4.79. The van der Waals surface area contributed by atoms with E-state index in [9.17, 15) is 0 Å². The van der Waals surface area contributed by atoms with Crippen LogP contribution in [-0.2, 0) is 5.41 Å². The van der Waals surface area contributed by atoms with Gasteiger partial charge in [0.25, 0.3) is 0 Å². The van der Waals surface area contributed by atoms with Crippen LogP contribution in [0.25, 0.3) is 27.5 Å². The lowest BCUT2D eigenvalue weighted by molar-refractivity contribution is 0.646. The lowest BCUT2D eigenvalue weighted by Gasteiger charge is -2.42. The molecule has 0 saturated carbocycles. The monoisotopic (exact) mass is 536 g/mol. The van der Waals surface area contributed by atoms with Gasteiger partial charge in [-0.05, 0) is 64.5 Å². The van der Waals surface area contributed by atoms with Crippen LogP contribution in [-0.4, -0.2) is 11.3 Å². The number of fused-ring (bicyclic) bond motifs is 8. The molecule has 7 aromatic rings. The molecule has 3 heterocycles. The normalized spacial score (nSPS) is 14.1. The van der Waals surface area contributed by atoms with Crippen molar-refractivity contribution in [2.24, 2.45) is 0 Å². The smallest absolute Gasteiger partial charge is 0.250 e. The van der Waals surface area contributed by atoms with Crippen LogP contribution in [0.4, 0.5) is 17.1 Å². The number of para-hydroxylation sites is 3. The molecule has 0 saturated heterocycles. The maximum Gasteiger partial charge on any atom is 0.250 e. The summed E-state index contributed by atoms with van der Waals surface area (Å²) in [4.78, 5) is 2.44. The summed E-state index contributed by atoms with van der Waals surface area (Å²) < 4.78 is 2.55. The minimum Gasteiger partial charge on any atom is -0.311 e. The Morgan fingerprint density at radius 2 is 1.21 bits per heavy atom. The summed E-state index contributed by atoms with van der Waals surface area (Å²) >= 11 is 0. The van der Waals surface area contributed by atoms with Gasteiger partial charge in [-0.2, -0.15) is 0 Å². The van der Waals surface area contributed by atoms with Crippen LogP contribution in [0.15, 0.2) is 140 Å². The highest BCUT2D eigenvalue weighted by Gasteiger charge is 2.46. The van der Waals surface area contributed by atoms with E-state index in [0.717, 1.165) is 11.4 Å². The predicted octanol–water partition coefficient (Wildman–Crippen LogP) is 7.72. The molecular formula is C39H29BN2. The highest BCUT2D eigenvalue weighted by molar-refractivity contribution is 7.00. The molecule has 0 N–H and O–H groups in total. The van der Waals surface area contributed by atoms with E-state index in [0.29, 0.717) is 0 Å². The molecule has 0 radical (unpaired) electrons. The van der Waals surface area contributed by atoms with Crippen LogP contribution < -0.4 is 21.3 Å². The van der Waals surface area contributed by atoms with Gasteiger partial charge in [0, 0.05) is 44.5 Å². The third-order valence-corrected chi connectivity index (χ3v) is 9.64. The topological polar surface area (TPSA) is 8.17 Å². The van der Waals surface area contributed by atoms with Crippen molar-refractivity contribution in [3.8, 4) is 5.69 Å². The van der Waals surface area contributed by atoms with Crippen molar-refractivity contribution in [1.29, 1.82) is 0 Å². The Labute approximate surface area is 246 Å². The highest BCUT2D eigenvalue weighted by Crippen LogP contribution is 2.43. The fourth-order valence-electron chi connectivity index (χ4n) is 7.90. The molecule has 0 bridgehead atoms. The zero-order chi connectivity index (χ0) is 28.0. The largest absolute Gasteiger partial charge is 0.311 e. The summed E-state index contributed by atoms with van der Waals surface area (Å²) in [5, 5.41) is 2.65. The fraction of sp³-hybridized carbons (Fsp3) is 0.0769. The van der Waals surface area contributed by atoms with Crippen molar-refractivity contribution in [1.82, 2.24) is 4.57 Å². The van der Waals surface area contributed by atoms with E-state index in [1.165, 1.54) is 60.7 Å². The van der Waals surface area contributed by atoms with Crippen LogP contribution >= 0.6 is 0 Å². The first-order valence-corrected chi connectivity index (χ1v) is 14.8. The number of hydrogen-bond acceptors (Lipinski definition) is 1. The third-order valence-electron chi connectivity index (χ3n) is 9.64. The van der Waals surface area contributed by atoms with Gasteiger partial charge >= 0.3 is 0 Å². The zero-order valence-electron chi connectivity index (χ0n) is 23.8. The first-order chi connectivity index (χ1) is 20.6. The molecule has 9 rings (SSSR count). The maximum absolute atomic E-state index is 2.55. The molecule has 0 spiro atoms. The van der Waals surface area contributed by atoms with Gasteiger partial charge in [0.2, 0.25) is 6.71 Å². The number of hydrogen-bond donors (Lipinski definition) is 0. The molecule has 0 aliphatic carbocycles. The average Bonchev–Trinajstić information content (AvgIpc) is 3.38. The van der Waals surface area contributed by atoms with E-state index in [2.05, 4.69) is 163 Å². The number of benzene rings is 6. The second kappa shape index (κ2) is 8.50. The summed E-state index contributed by atoms with van der Waals surface area (Å²) in [6.45, 7) is 4.91. The lowest BCUT2D eigenvalue weighted by atomic mass is 9.30. The van der Waals surface area contributed by atoms with Crippen molar-refractivity contribution >= 4 is 62.0 Å². The summed E-state index contributed by atoms with van der Waals surface area (Å²) in [6, 6.07) is 51.3. The molecule has 198 valence electrons. The van der Waals surface area contributed by atoms with Gasteiger partial charge in [-0.1, -0.05) is 116 Å². The number of nitrogens with zero attached hydrogens (tertiary/aromatic N) is 2. The zero-order valence-corrected chi connectivity index (χ0v) is 23.8. The summed E-state index contributed by atoms with van der Waals surface area (Å²) in [5.74, 6) is 0. The summed E-state index contributed by atoms with van der Waals surface area (Å²) in [5.41, 5.74) is 14.4. The van der Waals surface area contributed by atoms with Crippen molar-refractivity contribution in [3.05, 3.63) is 151 Å². The van der Waals surface area contributed by atoms with Gasteiger partial charge in [0.05, 0.1) is 5.52 Å². The SMILES string of the molecule is CC1(C)c2ccccc2B2c3c(N(c4ccccc4)c4ccccc4)cccc3-n3c4ccccc4c4ccc1c2c43. The van der Waals surface area contributed by atoms with Gasteiger partial charge in [0.1, 0.15) is 0 Å². The van der Waals surface area contributed by atoms with Crippen LogP contribution in [0.3, 0.4) is 0 Å². The number of aromatic nitrogens is 1. The predicted molar refractivity (Wildman–Crippen MR) is 179 cm³/mol. The van der Waals surface area contributed by atoms with Gasteiger partial charge in [0.15, 0.2) is 0 Å². The second-order valence-electron chi connectivity index (χ2n) is 12.1. The summed E-state index contributed by atoms with van der Waals surface area (Å²) in [7, 11) is 0. The van der Waals surface area contributed by atoms with E-state index in [1.54, 1.807) is 0 Å². The van der Waals surface area contributed by atoms with E-state index in [-0.39, 0.29) is 12.1 Å². The molecule has 0 amide bonds.